The van der Waals surface area contributed by atoms with E-state index in [1.54, 1.807) is 30.3 Å². The van der Waals surface area contributed by atoms with Gasteiger partial charge >= 0.3 is 0 Å². The molecule has 0 fully saturated rings. The van der Waals surface area contributed by atoms with Gasteiger partial charge in [0.05, 0.1) is 22.5 Å². The summed E-state index contributed by atoms with van der Waals surface area (Å²) in [4.78, 5) is 30.5. The maximum Gasteiger partial charge on any atom is 0.270 e. The Kier molecular flexibility index (Phi) is 5.49. The highest BCUT2D eigenvalue weighted by Gasteiger charge is 2.15. The van der Waals surface area contributed by atoms with Gasteiger partial charge in [0.1, 0.15) is 6.33 Å². The Morgan fingerprint density at radius 2 is 1.65 bits per heavy atom. The molecule has 5 aromatic rings. The predicted molar refractivity (Wildman–Crippen MR) is 126 cm³/mol. The van der Waals surface area contributed by atoms with Crippen LogP contribution in [0.1, 0.15) is 26.3 Å². The number of carbonyl (C=O) groups excluding carboxylic acids is 2. The van der Waals surface area contributed by atoms with Gasteiger partial charge in [-0.15, -0.1) is 5.10 Å². The fourth-order valence-corrected chi connectivity index (χ4v) is 3.56. The van der Waals surface area contributed by atoms with Gasteiger partial charge in [0.25, 0.3) is 11.8 Å². The first kappa shape index (κ1) is 21.0. The summed E-state index contributed by atoms with van der Waals surface area (Å²) in [6.45, 7) is 2.01. The fourth-order valence-electron chi connectivity index (χ4n) is 3.56. The molecule has 0 aliphatic heterocycles. The molecule has 2 N–H and O–H groups in total. The molecule has 2 heterocycles. The average molecular weight is 449 g/mol. The topological polar surface area (TPSA) is 115 Å². The lowest BCUT2D eigenvalue weighted by Gasteiger charge is -2.12. The summed E-state index contributed by atoms with van der Waals surface area (Å²) in [5.41, 5.74) is 9.75. The second kappa shape index (κ2) is 8.91. The molecule has 0 saturated heterocycles. The van der Waals surface area contributed by atoms with Gasteiger partial charge in [-0.3, -0.25) is 20.4 Å². The number of rotatable bonds is 4. The van der Waals surface area contributed by atoms with E-state index in [0.29, 0.717) is 33.4 Å². The summed E-state index contributed by atoms with van der Waals surface area (Å²) in [5.74, 6) is -0.919. The van der Waals surface area contributed by atoms with E-state index in [4.69, 9.17) is 4.98 Å². The minimum Gasteiger partial charge on any atom is -0.267 e. The zero-order valence-electron chi connectivity index (χ0n) is 18.1. The number of fused-ring (bicyclic) bond motifs is 1. The van der Waals surface area contributed by atoms with Gasteiger partial charge in [-0.1, -0.05) is 54.1 Å². The van der Waals surface area contributed by atoms with Crippen molar-refractivity contribution < 1.29 is 9.59 Å². The van der Waals surface area contributed by atoms with E-state index in [9.17, 15) is 9.59 Å². The van der Waals surface area contributed by atoms with Crippen molar-refractivity contribution >= 4 is 22.7 Å². The van der Waals surface area contributed by atoms with E-state index in [2.05, 4.69) is 26.4 Å². The summed E-state index contributed by atoms with van der Waals surface area (Å²) in [5, 5.41) is 11.7. The Hall–Kier alpha value is -4.92. The molecule has 9 heteroatoms. The fraction of sp³-hybridized carbons (Fsp3) is 0.0400. The van der Waals surface area contributed by atoms with Gasteiger partial charge in [-0.25, -0.2) is 9.67 Å². The standard InChI is InChI=1S/C25H19N7O2/c1-16-9-11-17(12-10-16)23-14-21(20-7-2-3-8-22(20)27-23)25(34)29-28-24(33)18-5-4-6-19(13-18)32-15-26-30-31-32/h2-15H,1H3,(H,28,33)(H,29,34). The van der Waals surface area contributed by atoms with Crippen LogP contribution in [0.4, 0.5) is 0 Å². The SMILES string of the molecule is Cc1ccc(-c2cc(C(=O)NNC(=O)c3cccc(-n4cnnn4)c3)c3ccccc3n2)cc1. The molecule has 0 spiro atoms. The normalized spacial score (nSPS) is 10.7. The molecule has 3 aromatic carbocycles. The van der Waals surface area contributed by atoms with Crippen LogP contribution in [-0.2, 0) is 0 Å². The van der Waals surface area contributed by atoms with Crippen molar-refractivity contribution in [3.05, 3.63) is 102 Å². The number of aryl methyl sites for hydroxylation is 1. The second-order valence-electron chi connectivity index (χ2n) is 7.65. The van der Waals surface area contributed by atoms with Crippen molar-refractivity contribution in [1.82, 2.24) is 36.0 Å². The molecule has 0 aliphatic rings. The summed E-state index contributed by atoms with van der Waals surface area (Å²) < 4.78 is 1.44. The van der Waals surface area contributed by atoms with Crippen molar-refractivity contribution in [2.45, 2.75) is 6.92 Å². The largest absolute Gasteiger partial charge is 0.270 e. The average Bonchev–Trinajstić information content (AvgIpc) is 3.42. The highest BCUT2D eigenvalue weighted by atomic mass is 16.2. The van der Waals surface area contributed by atoms with Crippen LogP contribution in [0.3, 0.4) is 0 Å². The van der Waals surface area contributed by atoms with E-state index in [1.807, 2.05) is 55.5 Å². The number of hydrazine groups is 1. The Bertz CT molecular complexity index is 1500. The van der Waals surface area contributed by atoms with E-state index in [0.717, 1.165) is 11.1 Å². The number of carbonyl (C=O) groups is 2. The van der Waals surface area contributed by atoms with Crippen LogP contribution in [0.5, 0.6) is 0 Å². The van der Waals surface area contributed by atoms with Crippen LogP contribution in [-0.4, -0.2) is 37.0 Å². The van der Waals surface area contributed by atoms with E-state index in [-0.39, 0.29) is 0 Å². The molecule has 0 atom stereocenters. The number of para-hydroxylation sites is 1. The van der Waals surface area contributed by atoms with Gasteiger partial charge in [0, 0.05) is 16.5 Å². The number of hydrogen-bond acceptors (Lipinski definition) is 6. The predicted octanol–water partition coefficient (Wildman–Crippen LogP) is 3.26. The number of benzene rings is 3. The maximum absolute atomic E-state index is 13.1. The van der Waals surface area contributed by atoms with Gasteiger partial charge in [0.2, 0.25) is 0 Å². The third-order valence-corrected chi connectivity index (χ3v) is 5.32. The third-order valence-electron chi connectivity index (χ3n) is 5.32. The zero-order chi connectivity index (χ0) is 23.5. The van der Waals surface area contributed by atoms with E-state index >= 15 is 0 Å². The molecule has 2 amide bonds. The first-order valence-electron chi connectivity index (χ1n) is 10.5. The van der Waals surface area contributed by atoms with Crippen LogP contribution in [0, 0.1) is 6.92 Å². The van der Waals surface area contributed by atoms with Crippen LogP contribution < -0.4 is 10.9 Å². The Labute approximate surface area is 194 Å². The Balaban J connectivity index is 1.40. The molecule has 0 radical (unpaired) electrons. The van der Waals surface area contributed by atoms with Crippen LogP contribution >= 0.6 is 0 Å². The lowest BCUT2D eigenvalue weighted by Crippen LogP contribution is -2.41. The molecule has 0 saturated carbocycles. The van der Waals surface area contributed by atoms with E-state index in [1.165, 1.54) is 11.0 Å². The third kappa shape index (κ3) is 4.22. The number of hydrogen-bond donors (Lipinski definition) is 2. The first-order chi connectivity index (χ1) is 16.6. The van der Waals surface area contributed by atoms with Crippen LogP contribution in [0.15, 0.2) is 85.2 Å². The van der Waals surface area contributed by atoms with Crippen molar-refractivity contribution in [2.75, 3.05) is 0 Å². The summed E-state index contributed by atoms with van der Waals surface area (Å²) in [6, 6.07) is 23.8. The van der Waals surface area contributed by atoms with E-state index < -0.39 is 11.8 Å². The minimum absolute atomic E-state index is 0.341. The van der Waals surface area contributed by atoms with Gasteiger partial charge < -0.3 is 0 Å². The smallest absolute Gasteiger partial charge is 0.267 e. The monoisotopic (exact) mass is 449 g/mol. The first-order valence-corrected chi connectivity index (χ1v) is 10.5. The molecule has 2 aromatic heterocycles. The molecule has 5 rings (SSSR count). The second-order valence-corrected chi connectivity index (χ2v) is 7.65. The van der Waals surface area contributed by atoms with Crippen molar-refractivity contribution in [1.29, 1.82) is 0 Å². The highest BCUT2D eigenvalue weighted by Crippen LogP contribution is 2.25. The summed E-state index contributed by atoms with van der Waals surface area (Å²) >= 11 is 0. The van der Waals surface area contributed by atoms with Crippen LogP contribution in [0.25, 0.3) is 27.8 Å². The Morgan fingerprint density at radius 1 is 0.853 bits per heavy atom. The lowest BCUT2D eigenvalue weighted by atomic mass is 10.0. The number of nitrogens with zero attached hydrogens (tertiary/aromatic N) is 5. The quantitative estimate of drug-likeness (QED) is 0.407. The summed E-state index contributed by atoms with van der Waals surface area (Å²) in [7, 11) is 0. The number of tetrazole rings is 1. The number of nitrogens with one attached hydrogen (secondary N) is 2. The zero-order valence-corrected chi connectivity index (χ0v) is 18.1. The molecule has 0 aliphatic carbocycles. The number of pyridine rings is 1. The summed E-state index contributed by atoms with van der Waals surface area (Å²) in [6.07, 6.45) is 1.43. The number of amides is 2. The molecule has 34 heavy (non-hydrogen) atoms. The molecule has 0 unspecified atom stereocenters. The van der Waals surface area contributed by atoms with Crippen molar-refractivity contribution in [2.24, 2.45) is 0 Å². The lowest BCUT2D eigenvalue weighted by molar-refractivity contribution is 0.0847. The molecule has 166 valence electrons. The van der Waals surface area contributed by atoms with Gasteiger partial charge in [-0.2, -0.15) is 0 Å². The number of aromatic nitrogens is 5. The molecular weight excluding hydrogens is 430 g/mol. The van der Waals surface area contributed by atoms with Crippen molar-refractivity contribution in [3.63, 3.8) is 0 Å². The molecular formula is C25H19N7O2. The van der Waals surface area contributed by atoms with Gasteiger partial charge in [-0.05, 0) is 47.7 Å². The maximum atomic E-state index is 13.1. The van der Waals surface area contributed by atoms with Crippen LogP contribution in [0.2, 0.25) is 0 Å². The highest BCUT2D eigenvalue weighted by molar-refractivity contribution is 6.08. The minimum atomic E-state index is -0.472. The van der Waals surface area contributed by atoms with Gasteiger partial charge in [0.15, 0.2) is 0 Å². The van der Waals surface area contributed by atoms with Crippen molar-refractivity contribution in [3.8, 4) is 16.9 Å². The Morgan fingerprint density at radius 3 is 2.44 bits per heavy atom. The molecule has 9 nitrogen and oxygen atoms in total. The molecule has 0 bridgehead atoms.